The number of likely N-dealkylation sites (tertiary alicyclic amines) is 1. The molecule has 2 fully saturated rings. The summed E-state index contributed by atoms with van der Waals surface area (Å²) in [7, 11) is 0. The van der Waals surface area contributed by atoms with E-state index in [9.17, 15) is 14.4 Å². The summed E-state index contributed by atoms with van der Waals surface area (Å²) in [6.07, 6.45) is 4.20. The van der Waals surface area contributed by atoms with Crippen molar-refractivity contribution in [2.24, 2.45) is 17.8 Å². The number of rotatable bonds is 7. The highest BCUT2D eigenvalue weighted by Gasteiger charge is 2.37. The molecule has 0 spiro atoms. The summed E-state index contributed by atoms with van der Waals surface area (Å²) in [5.74, 6) is -0.391. The molecule has 2 aliphatic rings. The zero-order chi connectivity index (χ0) is 17.7. The number of amides is 2. The van der Waals surface area contributed by atoms with Crippen molar-refractivity contribution in [3.63, 3.8) is 0 Å². The summed E-state index contributed by atoms with van der Waals surface area (Å²) in [5, 5.41) is 2.95. The largest absolute Gasteiger partial charge is 0.466 e. The molecule has 24 heavy (non-hydrogen) atoms. The first kappa shape index (κ1) is 18.7. The van der Waals surface area contributed by atoms with E-state index < -0.39 is 6.04 Å². The van der Waals surface area contributed by atoms with Gasteiger partial charge in [0.2, 0.25) is 11.8 Å². The van der Waals surface area contributed by atoms with Gasteiger partial charge in [-0.3, -0.25) is 14.4 Å². The molecule has 0 radical (unpaired) electrons. The molecule has 1 heterocycles. The Balaban J connectivity index is 2.01. The van der Waals surface area contributed by atoms with Gasteiger partial charge in [0.25, 0.3) is 0 Å². The van der Waals surface area contributed by atoms with Gasteiger partial charge in [-0.2, -0.15) is 0 Å². The molecule has 1 aliphatic heterocycles. The van der Waals surface area contributed by atoms with Crippen molar-refractivity contribution < 1.29 is 19.1 Å². The van der Waals surface area contributed by atoms with E-state index in [1.54, 1.807) is 11.8 Å². The summed E-state index contributed by atoms with van der Waals surface area (Å²) in [6, 6.07) is -0.496. The van der Waals surface area contributed by atoms with Crippen molar-refractivity contribution in [3.8, 4) is 0 Å². The highest BCUT2D eigenvalue weighted by Crippen LogP contribution is 2.29. The van der Waals surface area contributed by atoms with Gasteiger partial charge in [-0.15, -0.1) is 0 Å². The monoisotopic (exact) mass is 338 g/mol. The molecule has 1 saturated carbocycles. The SMILES string of the molecule is CCOC(=O)C1CCCN(C(=O)C(NC(=O)C2CC2)C(C)CC)C1. The normalized spacial score (nSPS) is 23.3. The van der Waals surface area contributed by atoms with Crippen molar-refractivity contribution in [1.29, 1.82) is 0 Å². The van der Waals surface area contributed by atoms with E-state index in [0.717, 1.165) is 32.1 Å². The fourth-order valence-electron chi connectivity index (χ4n) is 3.13. The van der Waals surface area contributed by atoms with Crippen LogP contribution in [0.15, 0.2) is 0 Å². The molecule has 136 valence electrons. The zero-order valence-electron chi connectivity index (χ0n) is 15.0. The van der Waals surface area contributed by atoms with Crippen LogP contribution in [0, 0.1) is 17.8 Å². The summed E-state index contributed by atoms with van der Waals surface area (Å²) in [4.78, 5) is 38.8. The molecule has 0 aromatic rings. The van der Waals surface area contributed by atoms with Crippen molar-refractivity contribution in [1.82, 2.24) is 10.2 Å². The van der Waals surface area contributed by atoms with E-state index in [4.69, 9.17) is 4.74 Å². The maximum Gasteiger partial charge on any atom is 0.310 e. The average Bonchev–Trinajstić information content (AvgIpc) is 3.43. The minimum absolute atomic E-state index is 0.00685. The lowest BCUT2D eigenvalue weighted by molar-refractivity contribution is -0.152. The number of carbonyl (C=O) groups is 3. The van der Waals surface area contributed by atoms with Crippen molar-refractivity contribution >= 4 is 17.8 Å². The van der Waals surface area contributed by atoms with E-state index in [-0.39, 0.29) is 35.5 Å². The number of hydrogen-bond acceptors (Lipinski definition) is 4. The predicted octanol–water partition coefficient (Wildman–Crippen LogP) is 1.73. The molecule has 1 saturated heterocycles. The number of ether oxygens (including phenoxy) is 1. The lowest BCUT2D eigenvalue weighted by Crippen LogP contribution is -2.54. The molecule has 2 rings (SSSR count). The summed E-state index contributed by atoms with van der Waals surface area (Å²) >= 11 is 0. The minimum atomic E-state index is -0.496. The van der Waals surface area contributed by atoms with Crippen LogP contribution in [-0.2, 0) is 19.1 Å². The summed E-state index contributed by atoms with van der Waals surface area (Å²) < 4.78 is 5.10. The summed E-state index contributed by atoms with van der Waals surface area (Å²) in [6.45, 7) is 7.19. The standard InChI is InChI=1S/C18H30N2O4/c1-4-12(3)15(19-16(21)13-8-9-13)17(22)20-10-6-7-14(11-20)18(23)24-5-2/h12-15H,4-11H2,1-3H3,(H,19,21). The Labute approximate surface area is 144 Å². The van der Waals surface area contributed by atoms with Gasteiger partial charge in [0.1, 0.15) is 6.04 Å². The quantitative estimate of drug-likeness (QED) is 0.717. The van der Waals surface area contributed by atoms with Crippen molar-refractivity contribution in [3.05, 3.63) is 0 Å². The topological polar surface area (TPSA) is 75.7 Å². The molecule has 0 aromatic carbocycles. The molecule has 3 unspecified atom stereocenters. The molecule has 0 aromatic heterocycles. The molecule has 3 atom stereocenters. The third-order valence-corrected chi connectivity index (χ3v) is 5.08. The average molecular weight is 338 g/mol. The number of hydrogen-bond donors (Lipinski definition) is 1. The first-order valence-corrected chi connectivity index (χ1v) is 9.23. The number of piperidine rings is 1. The Kier molecular flexibility index (Phi) is 6.63. The second-order valence-corrected chi connectivity index (χ2v) is 7.02. The van der Waals surface area contributed by atoms with Crippen LogP contribution in [0.5, 0.6) is 0 Å². The van der Waals surface area contributed by atoms with Crippen molar-refractivity contribution in [2.45, 2.75) is 58.9 Å². The van der Waals surface area contributed by atoms with Gasteiger partial charge < -0.3 is 15.0 Å². The Morgan fingerprint density at radius 1 is 1.17 bits per heavy atom. The minimum Gasteiger partial charge on any atom is -0.466 e. The predicted molar refractivity (Wildman–Crippen MR) is 90.0 cm³/mol. The Bertz CT molecular complexity index is 476. The molecule has 0 bridgehead atoms. The van der Waals surface area contributed by atoms with E-state index in [1.807, 2.05) is 13.8 Å². The van der Waals surface area contributed by atoms with Crippen LogP contribution in [0.1, 0.15) is 52.9 Å². The number of esters is 1. The van der Waals surface area contributed by atoms with Gasteiger partial charge in [0.15, 0.2) is 0 Å². The van der Waals surface area contributed by atoms with Crippen LogP contribution in [0.25, 0.3) is 0 Å². The second-order valence-electron chi connectivity index (χ2n) is 7.02. The maximum atomic E-state index is 13.0. The molecule has 1 aliphatic carbocycles. The highest BCUT2D eigenvalue weighted by molar-refractivity contribution is 5.90. The van der Waals surface area contributed by atoms with Crippen LogP contribution < -0.4 is 5.32 Å². The maximum absolute atomic E-state index is 13.0. The van der Waals surface area contributed by atoms with E-state index in [0.29, 0.717) is 19.7 Å². The second kappa shape index (κ2) is 8.49. The van der Waals surface area contributed by atoms with Crippen molar-refractivity contribution in [2.75, 3.05) is 19.7 Å². The fourth-order valence-corrected chi connectivity index (χ4v) is 3.13. The van der Waals surface area contributed by atoms with Gasteiger partial charge in [0, 0.05) is 19.0 Å². The summed E-state index contributed by atoms with van der Waals surface area (Å²) in [5.41, 5.74) is 0. The lowest BCUT2D eigenvalue weighted by atomic mass is 9.94. The van der Waals surface area contributed by atoms with Gasteiger partial charge in [0.05, 0.1) is 12.5 Å². The van der Waals surface area contributed by atoms with Crippen LogP contribution >= 0.6 is 0 Å². The zero-order valence-corrected chi connectivity index (χ0v) is 15.0. The van der Waals surface area contributed by atoms with Gasteiger partial charge in [-0.25, -0.2) is 0 Å². The first-order chi connectivity index (χ1) is 11.5. The number of nitrogens with one attached hydrogen (secondary N) is 1. The lowest BCUT2D eigenvalue weighted by Gasteiger charge is -2.35. The number of nitrogens with zero attached hydrogens (tertiary/aromatic N) is 1. The molecule has 1 N–H and O–H groups in total. The van der Waals surface area contributed by atoms with E-state index >= 15 is 0 Å². The highest BCUT2D eigenvalue weighted by atomic mass is 16.5. The van der Waals surface area contributed by atoms with E-state index in [2.05, 4.69) is 5.32 Å². The van der Waals surface area contributed by atoms with Crippen LogP contribution in [0.4, 0.5) is 0 Å². The first-order valence-electron chi connectivity index (χ1n) is 9.23. The molecular weight excluding hydrogens is 308 g/mol. The van der Waals surface area contributed by atoms with E-state index in [1.165, 1.54) is 0 Å². The van der Waals surface area contributed by atoms with Crippen LogP contribution in [0.2, 0.25) is 0 Å². The Hall–Kier alpha value is -1.59. The van der Waals surface area contributed by atoms with Gasteiger partial charge in [-0.1, -0.05) is 20.3 Å². The fraction of sp³-hybridized carbons (Fsp3) is 0.833. The Morgan fingerprint density at radius 3 is 2.46 bits per heavy atom. The molecule has 2 amide bonds. The third kappa shape index (κ3) is 4.71. The molecule has 6 heteroatoms. The smallest absolute Gasteiger partial charge is 0.310 e. The van der Waals surface area contributed by atoms with Gasteiger partial charge >= 0.3 is 5.97 Å². The Morgan fingerprint density at radius 2 is 1.88 bits per heavy atom. The number of carbonyl (C=O) groups excluding carboxylic acids is 3. The van der Waals surface area contributed by atoms with Crippen LogP contribution in [0.3, 0.4) is 0 Å². The molecular formula is C18H30N2O4. The van der Waals surface area contributed by atoms with Crippen LogP contribution in [-0.4, -0.2) is 48.4 Å². The third-order valence-electron chi connectivity index (χ3n) is 5.08. The van der Waals surface area contributed by atoms with Gasteiger partial charge in [-0.05, 0) is 38.5 Å². The molecule has 6 nitrogen and oxygen atoms in total.